The highest BCUT2D eigenvalue weighted by Crippen LogP contribution is 2.25. The van der Waals surface area contributed by atoms with E-state index in [-0.39, 0.29) is 5.91 Å². The molecule has 0 saturated carbocycles. The number of amides is 1. The Morgan fingerprint density at radius 3 is 2.38 bits per heavy atom. The number of likely N-dealkylation sites (N-methyl/N-ethyl adjacent to an activating group) is 1. The molecular formula is C27H26ClN5O. The Balaban J connectivity index is 1.28. The van der Waals surface area contributed by atoms with Gasteiger partial charge in [0.05, 0.1) is 17.2 Å². The van der Waals surface area contributed by atoms with Crippen LogP contribution >= 0.6 is 11.6 Å². The minimum absolute atomic E-state index is 0.168. The predicted octanol–water partition coefficient (Wildman–Crippen LogP) is 5.34. The molecule has 3 aromatic carbocycles. The molecule has 7 heteroatoms. The highest BCUT2D eigenvalue weighted by Gasteiger charge is 2.25. The van der Waals surface area contributed by atoms with Crippen LogP contribution in [-0.4, -0.2) is 54.0 Å². The second-order valence-electron chi connectivity index (χ2n) is 8.82. The molecule has 1 saturated heterocycles. The van der Waals surface area contributed by atoms with Crippen LogP contribution in [0.15, 0.2) is 72.9 Å². The van der Waals surface area contributed by atoms with Crippen molar-refractivity contribution >= 4 is 40.0 Å². The first-order valence-corrected chi connectivity index (χ1v) is 11.7. The molecule has 0 bridgehead atoms. The van der Waals surface area contributed by atoms with Gasteiger partial charge in [-0.15, -0.1) is 0 Å². The quantitative estimate of drug-likeness (QED) is 0.425. The number of nitrogens with one attached hydrogen (secondary N) is 1. The van der Waals surface area contributed by atoms with Crippen LogP contribution in [0.3, 0.4) is 0 Å². The zero-order valence-electron chi connectivity index (χ0n) is 19.2. The average Bonchev–Trinajstić information content (AvgIpc) is 3.35. The number of halogens is 1. The highest BCUT2D eigenvalue weighted by atomic mass is 35.5. The fourth-order valence-corrected chi connectivity index (χ4v) is 4.39. The van der Waals surface area contributed by atoms with E-state index in [4.69, 9.17) is 16.6 Å². The first-order valence-electron chi connectivity index (χ1n) is 11.3. The number of hydrogen-bond acceptors (Lipinski definition) is 5. The summed E-state index contributed by atoms with van der Waals surface area (Å²) in [6, 6.07) is 21.3. The van der Waals surface area contributed by atoms with Crippen molar-refractivity contribution in [2.75, 3.05) is 37.4 Å². The van der Waals surface area contributed by atoms with Crippen molar-refractivity contribution in [2.24, 2.45) is 0 Å². The van der Waals surface area contributed by atoms with E-state index < -0.39 is 0 Å². The van der Waals surface area contributed by atoms with Crippen molar-refractivity contribution in [3.8, 4) is 11.1 Å². The number of anilines is 2. The van der Waals surface area contributed by atoms with Crippen LogP contribution in [0.1, 0.15) is 16.8 Å². The minimum Gasteiger partial charge on any atom is -0.354 e. The van der Waals surface area contributed by atoms with Gasteiger partial charge in [0.2, 0.25) is 0 Å². The van der Waals surface area contributed by atoms with E-state index in [1.165, 1.54) is 0 Å². The Kier molecular flexibility index (Phi) is 6.18. The Hall–Kier alpha value is -3.48. The van der Waals surface area contributed by atoms with E-state index in [2.05, 4.69) is 34.2 Å². The lowest BCUT2D eigenvalue weighted by atomic mass is 10.0. The van der Waals surface area contributed by atoms with Gasteiger partial charge in [0.25, 0.3) is 5.91 Å². The lowest BCUT2D eigenvalue weighted by molar-refractivity contribution is 0.102. The van der Waals surface area contributed by atoms with Crippen LogP contribution in [0.5, 0.6) is 0 Å². The molecule has 6 nitrogen and oxygen atoms in total. The standard InChI is InChI=1S/C27H26ClN5O/c1-32(2)23-13-14-33(17-23)26-16-29-25-15-22(11-12-24(25)31-26)30-27(34)20-5-3-18(4-6-20)19-7-9-21(28)10-8-19/h3-12,15-16,23H,13-14,17H2,1-2H3,(H,30,34)/t23-/m0/s1. The van der Waals surface area contributed by atoms with Gasteiger partial charge in [-0.3, -0.25) is 9.78 Å². The summed E-state index contributed by atoms with van der Waals surface area (Å²) in [5, 5.41) is 3.66. The fourth-order valence-electron chi connectivity index (χ4n) is 4.26. The Morgan fingerprint density at radius 1 is 1.00 bits per heavy atom. The maximum absolute atomic E-state index is 12.8. The number of nitrogens with zero attached hydrogens (tertiary/aromatic N) is 4. The van der Waals surface area contributed by atoms with Gasteiger partial charge in [-0.1, -0.05) is 35.9 Å². The summed E-state index contributed by atoms with van der Waals surface area (Å²) in [5.41, 5.74) is 4.92. The highest BCUT2D eigenvalue weighted by molar-refractivity contribution is 6.30. The van der Waals surface area contributed by atoms with Gasteiger partial charge < -0.3 is 15.1 Å². The largest absolute Gasteiger partial charge is 0.354 e. The number of benzene rings is 3. The molecular weight excluding hydrogens is 446 g/mol. The summed E-state index contributed by atoms with van der Waals surface area (Å²) in [5.74, 6) is 0.729. The number of carbonyl (C=O) groups excluding carboxylic acids is 1. The Morgan fingerprint density at radius 2 is 1.71 bits per heavy atom. The Bertz CT molecular complexity index is 1320. The maximum atomic E-state index is 12.8. The second-order valence-corrected chi connectivity index (χ2v) is 9.26. The molecule has 1 fully saturated rings. The summed E-state index contributed by atoms with van der Waals surface area (Å²) in [6.07, 6.45) is 2.94. The SMILES string of the molecule is CN(C)[C@H]1CCN(c2cnc3cc(NC(=O)c4ccc(-c5ccc(Cl)cc5)cc4)ccc3n2)C1. The third-order valence-electron chi connectivity index (χ3n) is 6.33. The first-order chi connectivity index (χ1) is 16.5. The zero-order valence-corrected chi connectivity index (χ0v) is 20.0. The molecule has 4 aromatic rings. The van der Waals surface area contributed by atoms with Crippen molar-refractivity contribution < 1.29 is 4.79 Å². The molecule has 2 heterocycles. The van der Waals surface area contributed by atoms with Crippen LogP contribution in [0.2, 0.25) is 5.02 Å². The van der Waals surface area contributed by atoms with Crippen molar-refractivity contribution in [2.45, 2.75) is 12.5 Å². The maximum Gasteiger partial charge on any atom is 0.255 e. The number of carbonyl (C=O) groups is 1. The molecule has 1 amide bonds. The predicted molar refractivity (Wildman–Crippen MR) is 139 cm³/mol. The van der Waals surface area contributed by atoms with Crippen LogP contribution in [-0.2, 0) is 0 Å². The molecule has 1 N–H and O–H groups in total. The van der Waals surface area contributed by atoms with Gasteiger partial charge in [0, 0.05) is 35.4 Å². The zero-order chi connectivity index (χ0) is 23.7. The monoisotopic (exact) mass is 471 g/mol. The number of aromatic nitrogens is 2. The van der Waals surface area contributed by atoms with E-state index in [9.17, 15) is 4.79 Å². The fraction of sp³-hybridized carbons (Fsp3) is 0.222. The summed E-state index contributed by atoms with van der Waals surface area (Å²) in [6.45, 7) is 1.94. The third-order valence-corrected chi connectivity index (χ3v) is 6.58. The third kappa shape index (κ3) is 4.74. The van der Waals surface area contributed by atoms with Crippen LogP contribution in [0, 0.1) is 0 Å². The average molecular weight is 472 g/mol. The molecule has 1 aromatic heterocycles. The molecule has 1 atom stereocenters. The molecule has 172 valence electrons. The van der Waals surface area contributed by atoms with Crippen LogP contribution in [0.4, 0.5) is 11.5 Å². The number of hydrogen-bond donors (Lipinski definition) is 1. The van der Waals surface area contributed by atoms with Gasteiger partial charge in [-0.05, 0) is 74.1 Å². The molecule has 0 spiro atoms. The molecule has 0 unspecified atom stereocenters. The summed E-state index contributed by atoms with van der Waals surface area (Å²) in [7, 11) is 4.23. The normalized spacial score (nSPS) is 15.8. The molecule has 1 aliphatic rings. The lowest BCUT2D eigenvalue weighted by Gasteiger charge is -2.21. The van der Waals surface area contributed by atoms with Gasteiger partial charge in [0.15, 0.2) is 0 Å². The first kappa shape index (κ1) is 22.3. The molecule has 5 rings (SSSR count). The minimum atomic E-state index is -0.168. The van der Waals surface area contributed by atoms with Gasteiger partial charge in [0.1, 0.15) is 5.82 Å². The van der Waals surface area contributed by atoms with Gasteiger partial charge in [-0.25, -0.2) is 4.98 Å². The molecule has 0 aliphatic carbocycles. The summed E-state index contributed by atoms with van der Waals surface area (Å²) in [4.78, 5) is 26.7. The summed E-state index contributed by atoms with van der Waals surface area (Å²) < 4.78 is 0. The molecule has 34 heavy (non-hydrogen) atoms. The molecule has 0 radical (unpaired) electrons. The molecule has 1 aliphatic heterocycles. The summed E-state index contributed by atoms with van der Waals surface area (Å²) >= 11 is 5.97. The van der Waals surface area contributed by atoms with E-state index in [1.54, 1.807) is 0 Å². The number of rotatable bonds is 5. The van der Waals surface area contributed by atoms with Gasteiger partial charge in [-0.2, -0.15) is 0 Å². The number of fused-ring (bicyclic) bond motifs is 1. The van der Waals surface area contributed by atoms with Crippen molar-refractivity contribution in [1.29, 1.82) is 0 Å². The van der Waals surface area contributed by atoms with Gasteiger partial charge >= 0.3 is 0 Å². The van der Waals surface area contributed by atoms with Crippen molar-refractivity contribution in [3.05, 3.63) is 83.5 Å². The van der Waals surface area contributed by atoms with Crippen LogP contribution < -0.4 is 10.2 Å². The van der Waals surface area contributed by atoms with E-state index in [0.717, 1.165) is 47.5 Å². The van der Waals surface area contributed by atoms with Crippen LogP contribution in [0.25, 0.3) is 22.2 Å². The smallest absolute Gasteiger partial charge is 0.255 e. The van der Waals surface area contributed by atoms with Crippen molar-refractivity contribution in [3.63, 3.8) is 0 Å². The topological polar surface area (TPSA) is 61.4 Å². The Labute approximate surface area is 204 Å². The van der Waals surface area contributed by atoms with E-state index in [0.29, 0.717) is 22.3 Å². The van der Waals surface area contributed by atoms with E-state index in [1.807, 2.05) is 72.9 Å². The second kappa shape index (κ2) is 9.41. The van der Waals surface area contributed by atoms with Crippen molar-refractivity contribution in [1.82, 2.24) is 14.9 Å². The van der Waals surface area contributed by atoms with E-state index >= 15 is 0 Å². The lowest BCUT2D eigenvalue weighted by Crippen LogP contribution is -2.31.